The van der Waals surface area contributed by atoms with Gasteiger partial charge in [0.1, 0.15) is 0 Å². The van der Waals surface area contributed by atoms with E-state index in [4.69, 9.17) is 5.11 Å². The highest BCUT2D eigenvalue weighted by molar-refractivity contribution is 7.97. The van der Waals surface area contributed by atoms with Crippen LogP contribution in [0.15, 0.2) is 18.2 Å². The van der Waals surface area contributed by atoms with E-state index < -0.39 is 17.8 Å². The fourth-order valence-electron chi connectivity index (χ4n) is 1.30. The van der Waals surface area contributed by atoms with Crippen LogP contribution in [0, 0.1) is 0 Å². The van der Waals surface area contributed by atoms with E-state index in [-0.39, 0.29) is 5.69 Å². The average Bonchev–Trinajstić information content (AvgIpc) is 2.15. The summed E-state index contributed by atoms with van der Waals surface area (Å²) in [6.45, 7) is 0. The summed E-state index contributed by atoms with van der Waals surface area (Å²) in [5.74, 6) is 0.387. The highest BCUT2D eigenvalue weighted by atomic mass is 32.2. The molecule has 7 heteroatoms. The highest BCUT2D eigenvalue weighted by Crippen LogP contribution is 2.32. The van der Waals surface area contributed by atoms with Crippen molar-refractivity contribution in [3.63, 3.8) is 0 Å². The molecular formula is C10H10F3NO2S. The molecule has 3 nitrogen and oxygen atoms in total. The van der Waals surface area contributed by atoms with E-state index in [1.165, 1.54) is 17.8 Å². The van der Waals surface area contributed by atoms with Gasteiger partial charge < -0.3 is 5.11 Å². The molecule has 0 bridgehead atoms. The van der Waals surface area contributed by atoms with E-state index >= 15 is 0 Å². The Kier molecular flexibility index (Phi) is 4.28. The number of carbonyl (C=O) groups is 1. The summed E-state index contributed by atoms with van der Waals surface area (Å²) >= 11 is 1.36. The van der Waals surface area contributed by atoms with Crippen molar-refractivity contribution in [3.8, 4) is 0 Å². The zero-order valence-electron chi connectivity index (χ0n) is 8.84. The number of nitrogens with one attached hydrogen (secondary N) is 1. The maximum Gasteiger partial charge on any atom is 0.416 e. The predicted molar refractivity (Wildman–Crippen MR) is 60.3 cm³/mol. The van der Waals surface area contributed by atoms with Crippen molar-refractivity contribution in [1.29, 1.82) is 0 Å². The Hall–Kier alpha value is -1.37. The van der Waals surface area contributed by atoms with Crippen molar-refractivity contribution in [2.45, 2.75) is 11.9 Å². The Morgan fingerprint density at radius 2 is 2.06 bits per heavy atom. The molecule has 0 unspecified atom stereocenters. The summed E-state index contributed by atoms with van der Waals surface area (Å²) in [5, 5.41) is 10.4. The van der Waals surface area contributed by atoms with Crippen LogP contribution in [-0.2, 0) is 11.9 Å². The van der Waals surface area contributed by atoms with E-state index in [0.29, 0.717) is 11.3 Å². The summed E-state index contributed by atoms with van der Waals surface area (Å²) in [4.78, 5) is 10.4. The number of halogens is 3. The van der Waals surface area contributed by atoms with Gasteiger partial charge in [0.2, 0.25) is 0 Å². The summed E-state index contributed by atoms with van der Waals surface area (Å²) in [6.07, 6.45) is -4.12. The van der Waals surface area contributed by atoms with Crippen molar-refractivity contribution in [2.75, 3.05) is 11.6 Å². The molecule has 0 aliphatic heterocycles. The van der Waals surface area contributed by atoms with Gasteiger partial charge in [0, 0.05) is 11.4 Å². The third-order valence-electron chi connectivity index (χ3n) is 1.88. The molecule has 0 aromatic heterocycles. The molecule has 0 atom stereocenters. The second-order valence-electron chi connectivity index (χ2n) is 3.28. The smallest absolute Gasteiger partial charge is 0.416 e. The summed E-state index contributed by atoms with van der Waals surface area (Å²) in [5.41, 5.74) is -0.500. The Labute approximate surface area is 100 Å². The van der Waals surface area contributed by atoms with Crippen LogP contribution in [0.25, 0.3) is 0 Å². The quantitative estimate of drug-likeness (QED) is 0.876. The van der Waals surface area contributed by atoms with Gasteiger partial charge >= 0.3 is 12.3 Å². The maximum atomic E-state index is 12.5. The topological polar surface area (TPSA) is 49.3 Å². The third-order valence-corrected chi connectivity index (χ3v) is 2.50. The van der Waals surface area contributed by atoms with E-state index in [0.717, 1.165) is 12.1 Å². The van der Waals surface area contributed by atoms with Crippen LogP contribution in [0.5, 0.6) is 0 Å². The van der Waals surface area contributed by atoms with Crippen LogP contribution in [0.1, 0.15) is 11.1 Å². The monoisotopic (exact) mass is 265 g/mol. The molecule has 2 N–H and O–H groups in total. The van der Waals surface area contributed by atoms with Crippen molar-refractivity contribution in [3.05, 3.63) is 29.3 Å². The lowest BCUT2D eigenvalue weighted by atomic mass is 10.1. The molecule has 1 aromatic carbocycles. The summed E-state index contributed by atoms with van der Waals surface area (Å²) in [7, 11) is 0. The van der Waals surface area contributed by atoms with E-state index in [1.54, 1.807) is 6.26 Å². The molecule has 0 spiro atoms. The van der Waals surface area contributed by atoms with E-state index in [1.807, 2.05) is 5.32 Å². The Morgan fingerprint density at radius 3 is 2.53 bits per heavy atom. The molecule has 0 aliphatic rings. The van der Waals surface area contributed by atoms with Gasteiger partial charge in [-0.15, -0.1) is 0 Å². The molecule has 1 rings (SSSR count). The predicted octanol–water partition coefficient (Wildman–Crippen LogP) is 3.66. The van der Waals surface area contributed by atoms with Gasteiger partial charge in [-0.25, -0.2) is 4.79 Å². The molecule has 0 heterocycles. The Bertz CT molecular complexity index is 421. The lowest BCUT2D eigenvalue weighted by Gasteiger charge is -2.11. The normalized spacial score (nSPS) is 11.3. The van der Waals surface area contributed by atoms with Crippen molar-refractivity contribution in [2.24, 2.45) is 0 Å². The average molecular weight is 265 g/mol. The SMILES string of the molecule is CSCc1cc(NC(=O)O)cc(C(F)(F)F)c1. The van der Waals surface area contributed by atoms with Gasteiger partial charge in [0.25, 0.3) is 0 Å². The van der Waals surface area contributed by atoms with Crippen LogP contribution in [0.4, 0.5) is 23.7 Å². The number of alkyl halides is 3. The van der Waals surface area contributed by atoms with Crippen LogP contribution < -0.4 is 5.32 Å². The number of rotatable bonds is 3. The van der Waals surface area contributed by atoms with Gasteiger partial charge in [-0.2, -0.15) is 24.9 Å². The zero-order valence-corrected chi connectivity index (χ0v) is 9.65. The molecular weight excluding hydrogens is 255 g/mol. The Balaban J connectivity index is 3.14. The summed E-state index contributed by atoms with van der Waals surface area (Å²) in [6, 6.07) is 3.18. The van der Waals surface area contributed by atoms with Crippen LogP contribution in [-0.4, -0.2) is 17.5 Å². The molecule has 1 aromatic rings. The van der Waals surface area contributed by atoms with E-state index in [2.05, 4.69) is 0 Å². The second-order valence-corrected chi connectivity index (χ2v) is 4.15. The fourth-order valence-corrected chi connectivity index (χ4v) is 1.80. The minimum atomic E-state index is -4.48. The number of carboxylic acid groups (broad SMARTS) is 1. The molecule has 0 fully saturated rings. The van der Waals surface area contributed by atoms with Crippen LogP contribution >= 0.6 is 11.8 Å². The van der Waals surface area contributed by atoms with Crippen LogP contribution in [0.2, 0.25) is 0 Å². The number of benzene rings is 1. The van der Waals surface area contributed by atoms with Gasteiger partial charge in [-0.3, -0.25) is 5.32 Å². The molecule has 0 saturated carbocycles. The molecule has 17 heavy (non-hydrogen) atoms. The fraction of sp³-hybridized carbons (Fsp3) is 0.300. The Morgan fingerprint density at radius 1 is 1.41 bits per heavy atom. The highest BCUT2D eigenvalue weighted by Gasteiger charge is 2.31. The lowest BCUT2D eigenvalue weighted by Crippen LogP contribution is -2.11. The first kappa shape index (κ1) is 13.7. The first-order chi connectivity index (χ1) is 7.82. The minimum Gasteiger partial charge on any atom is -0.465 e. The van der Waals surface area contributed by atoms with Crippen LogP contribution in [0.3, 0.4) is 0 Å². The first-order valence-corrected chi connectivity index (χ1v) is 5.92. The van der Waals surface area contributed by atoms with Gasteiger partial charge in [-0.05, 0) is 30.0 Å². The molecule has 0 aliphatic carbocycles. The summed E-state index contributed by atoms with van der Waals surface area (Å²) < 4.78 is 37.6. The molecule has 94 valence electrons. The standard InChI is InChI=1S/C10H10F3NO2S/c1-17-5-6-2-7(10(11,12)13)4-8(3-6)14-9(15)16/h2-4,14H,5H2,1H3,(H,15,16). The van der Waals surface area contributed by atoms with Gasteiger partial charge in [0.15, 0.2) is 0 Å². The molecule has 0 radical (unpaired) electrons. The zero-order chi connectivity index (χ0) is 13.1. The van der Waals surface area contributed by atoms with Gasteiger partial charge in [-0.1, -0.05) is 0 Å². The van der Waals surface area contributed by atoms with Crippen molar-refractivity contribution in [1.82, 2.24) is 0 Å². The van der Waals surface area contributed by atoms with Crippen molar-refractivity contribution < 1.29 is 23.1 Å². The first-order valence-electron chi connectivity index (χ1n) is 4.53. The lowest BCUT2D eigenvalue weighted by molar-refractivity contribution is -0.137. The number of amides is 1. The number of thioether (sulfide) groups is 1. The molecule has 0 saturated heterocycles. The second kappa shape index (κ2) is 5.31. The number of anilines is 1. The van der Waals surface area contributed by atoms with E-state index in [9.17, 15) is 18.0 Å². The molecule has 1 amide bonds. The number of hydrogen-bond donors (Lipinski definition) is 2. The maximum absolute atomic E-state index is 12.5. The largest absolute Gasteiger partial charge is 0.465 e. The third kappa shape index (κ3) is 4.18. The number of hydrogen-bond acceptors (Lipinski definition) is 2. The minimum absolute atomic E-state index is 0.0728. The van der Waals surface area contributed by atoms with Gasteiger partial charge in [0.05, 0.1) is 5.56 Å². The van der Waals surface area contributed by atoms with Crippen molar-refractivity contribution >= 4 is 23.5 Å².